The molecule has 0 unspecified atom stereocenters. The van der Waals surface area contributed by atoms with Crippen LogP contribution in [0.15, 0.2) is 71.9 Å². The van der Waals surface area contributed by atoms with Crippen LogP contribution in [0.1, 0.15) is 18.1 Å². The van der Waals surface area contributed by atoms with E-state index in [1.165, 1.54) is 0 Å². The third-order valence-corrected chi connectivity index (χ3v) is 6.00. The molecule has 0 aliphatic rings. The lowest BCUT2D eigenvalue weighted by atomic mass is 10.1. The van der Waals surface area contributed by atoms with E-state index in [2.05, 4.69) is 20.3 Å². The van der Waals surface area contributed by atoms with Crippen LogP contribution in [0.25, 0.3) is 33.7 Å². The van der Waals surface area contributed by atoms with Crippen molar-refractivity contribution in [2.75, 3.05) is 11.1 Å². The highest BCUT2D eigenvalue weighted by Gasteiger charge is 2.19. The van der Waals surface area contributed by atoms with Crippen LogP contribution in [0.4, 0.5) is 11.6 Å². The normalized spacial score (nSPS) is 11.1. The van der Waals surface area contributed by atoms with E-state index >= 15 is 0 Å². The Morgan fingerprint density at radius 3 is 2.58 bits per heavy atom. The molecule has 0 fully saturated rings. The molecule has 0 saturated heterocycles. The number of rotatable bonds is 6. The fourth-order valence-corrected chi connectivity index (χ4v) is 4.21. The minimum Gasteiger partial charge on any atom is -0.384 e. The number of carbonyl (C=O) groups is 1. The topological polar surface area (TPSA) is 132 Å². The number of aromatic nitrogens is 5. The number of carbonyl (C=O) groups excluding carboxylic acids is 1. The molecule has 4 heterocycles. The number of nitrogens with zero attached hydrogens (tertiary/aromatic N) is 4. The number of nitrogens with two attached hydrogens (primary N) is 1. The lowest BCUT2D eigenvalue weighted by molar-refractivity contribution is -0.115. The van der Waals surface area contributed by atoms with E-state index in [1.54, 1.807) is 24.7 Å². The molecule has 0 saturated carbocycles. The van der Waals surface area contributed by atoms with Crippen LogP contribution in [-0.2, 0) is 17.8 Å². The first-order valence-electron chi connectivity index (χ1n) is 11.6. The number of aryl methyl sites for hydroxylation is 2. The average Bonchev–Trinajstić information content (AvgIpc) is 3.39. The van der Waals surface area contributed by atoms with Gasteiger partial charge in [0.1, 0.15) is 28.7 Å². The molecule has 1 amide bonds. The lowest BCUT2D eigenvalue weighted by Gasteiger charge is -2.15. The number of hydrogen-bond donors (Lipinski definition) is 3. The van der Waals surface area contributed by atoms with Crippen molar-refractivity contribution in [3.05, 3.63) is 88.5 Å². The molecule has 9 heteroatoms. The van der Waals surface area contributed by atoms with Gasteiger partial charge in [-0.1, -0.05) is 24.3 Å². The summed E-state index contributed by atoms with van der Waals surface area (Å²) < 4.78 is 1.82. The number of anilines is 2. The van der Waals surface area contributed by atoms with Crippen LogP contribution in [0.5, 0.6) is 0 Å². The van der Waals surface area contributed by atoms with Crippen LogP contribution in [0.2, 0.25) is 0 Å². The predicted octanol–water partition coefficient (Wildman–Crippen LogP) is 3.94. The summed E-state index contributed by atoms with van der Waals surface area (Å²) in [6, 6.07) is 14.9. The number of nitrogens with one attached hydrogen (secondary N) is 2. The number of pyridine rings is 3. The Morgan fingerprint density at radius 1 is 1.08 bits per heavy atom. The summed E-state index contributed by atoms with van der Waals surface area (Å²) in [5.74, 6) is 1.15. The fourth-order valence-electron chi connectivity index (χ4n) is 4.21. The van der Waals surface area contributed by atoms with Gasteiger partial charge < -0.3 is 20.6 Å². The molecule has 180 valence electrons. The molecule has 0 atom stereocenters. The van der Waals surface area contributed by atoms with Gasteiger partial charge in [-0.2, -0.15) is 0 Å². The van der Waals surface area contributed by atoms with Gasteiger partial charge in [-0.3, -0.25) is 9.59 Å². The van der Waals surface area contributed by atoms with Gasteiger partial charge in [-0.15, -0.1) is 0 Å². The summed E-state index contributed by atoms with van der Waals surface area (Å²) in [6.45, 7) is 4.44. The third kappa shape index (κ3) is 4.34. The lowest BCUT2D eigenvalue weighted by Crippen LogP contribution is -2.18. The maximum absolute atomic E-state index is 13.2. The summed E-state index contributed by atoms with van der Waals surface area (Å²) in [7, 11) is 0. The van der Waals surface area contributed by atoms with Gasteiger partial charge in [0.25, 0.3) is 0 Å². The molecule has 0 aliphatic carbocycles. The Hall–Kier alpha value is -4.79. The first kappa shape index (κ1) is 23.0. The minimum absolute atomic E-state index is 0.139. The highest BCUT2D eigenvalue weighted by molar-refractivity contribution is 5.91. The maximum Gasteiger partial charge on any atom is 0.229 e. The molecule has 0 radical (unpaired) electrons. The smallest absolute Gasteiger partial charge is 0.229 e. The van der Waals surface area contributed by atoms with Crippen LogP contribution in [0.3, 0.4) is 0 Å². The van der Waals surface area contributed by atoms with Crippen LogP contribution >= 0.6 is 0 Å². The van der Waals surface area contributed by atoms with E-state index in [4.69, 9.17) is 10.7 Å². The molecule has 0 aliphatic heterocycles. The summed E-state index contributed by atoms with van der Waals surface area (Å²) >= 11 is 0. The Kier molecular flexibility index (Phi) is 6.03. The number of fused-ring (bicyclic) bond motifs is 1. The quantitative estimate of drug-likeness (QED) is 0.338. The van der Waals surface area contributed by atoms with Crippen LogP contribution in [-0.4, -0.2) is 30.4 Å². The van der Waals surface area contributed by atoms with Crippen LogP contribution < -0.4 is 16.5 Å². The zero-order valence-corrected chi connectivity index (χ0v) is 19.9. The van der Waals surface area contributed by atoms with Crippen molar-refractivity contribution in [3.8, 4) is 22.6 Å². The SMILES string of the molecule is CCn1c(N)c(-c2ncc[nH]2)c(=O)c2ccc(-c3ccc(CC(=O)Nc4cc(C)ccn4)cc3)nc21. The van der Waals surface area contributed by atoms with Gasteiger partial charge in [0, 0.05) is 30.7 Å². The zero-order valence-electron chi connectivity index (χ0n) is 19.9. The molecule has 0 spiro atoms. The molecule has 4 aromatic heterocycles. The van der Waals surface area contributed by atoms with Gasteiger partial charge in [0.15, 0.2) is 0 Å². The van der Waals surface area contributed by atoms with Crippen LogP contribution in [0, 0.1) is 6.92 Å². The first-order valence-corrected chi connectivity index (χ1v) is 11.6. The Morgan fingerprint density at radius 2 is 1.89 bits per heavy atom. The van der Waals surface area contributed by atoms with E-state index in [9.17, 15) is 9.59 Å². The Bertz CT molecular complexity index is 1620. The Labute approximate surface area is 207 Å². The largest absolute Gasteiger partial charge is 0.384 e. The fraction of sp³-hybridized carbons (Fsp3) is 0.148. The number of hydrogen-bond acceptors (Lipinski definition) is 6. The van der Waals surface area contributed by atoms with E-state index in [1.807, 2.05) is 60.9 Å². The minimum atomic E-state index is -0.217. The molecular weight excluding hydrogens is 454 g/mol. The summed E-state index contributed by atoms with van der Waals surface area (Å²) in [6.07, 6.45) is 5.13. The zero-order chi connectivity index (χ0) is 25.2. The van der Waals surface area contributed by atoms with Gasteiger partial charge in [0.05, 0.1) is 17.5 Å². The molecular formula is C27H25N7O2. The van der Waals surface area contributed by atoms with Crippen molar-refractivity contribution >= 4 is 28.6 Å². The third-order valence-electron chi connectivity index (χ3n) is 6.00. The first-order chi connectivity index (χ1) is 17.4. The van der Waals surface area contributed by atoms with Crippen molar-refractivity contribution in [2.45, 2.75) is 26.8 Å². The highest BCUT2D eigenvalue weighted by atomic mass is 16.1. The monoisotopic (exact) mass is 479 g/mol. The number of aromatic amines is 1. The van der Waals surface area contributed by atoms with E-state index < -0.39 is 0 Å². The second kappa shape index (κ2) is 9.46. The van der Waals surface area contributed by atoms with Crippen molar-refractivity contribution in [1.82, 2.24) is 24.5 Å². The summed E-state index contributed by atoms with van der Waals surface area (Å²) in [5, 5.41) is 3.29. The Balaban J connectivity index is 1.43. The number of imidazole rings is 1. The van der Waals surface area contributed by atoms with Gasteiger partial charge >= 0.3 is 0 Å². The number of H-pyrrole nitrogens is 1. The number of amides is 1. The average molecular weight is 480 g/mol. The molecule has 5 rings (SSSR count). The van der Waals surface area contributed by atoms with Gasteiger partial charge in [-0.05, 0) is 49.2 Å². The summed E-state index contributed by atoms with van der Waals surface area (Å²) in [4.78, 5) is 41.8. The molecule has 5 aromatic rings. The van der Waals surface area contributed by atoms with E-state index in [-0.39, 0.29) is 17.8 Å². The molecule has 0 bridgehead atoms. The van der Waals surface area contributed by atoms with Crippen molar-refractivity contribution in [1.29, 1.82) is 0 Å². The van der Waals surface area contributed by atoms with E-state index in [0.717, 1.165) is 16.7 Å². The van der Waals surface area contributed by atoms with Gasteiger partial charge in [0.2, 0.25) is 11.3 Å². The molecule has 4 N–H and O–H groups in total. The second-order valence-electron chi connectivity index (χ2n) is 8.48. The van der Waals surface area contributed by atoms with Crippen molar-refractivity contribution < 1.29 is 4.79 Å². The molecule has 1 aromatic carbocycles. The number of benzene rings is 1. The predicted molar refractivity (Wildman–Crippen MR) is 140 cm³/mol. The van der Waals surface area contributed by atoms with Crippen molar-refractivity contribution in [3.63, 3.8) is 0 Å². The second-order valence-corrected chi connectivity index (χ2v) is 8.48. The summed E-state index contributed by atoms with van der Waals surface area (Å²) in [5.41, 5.74) is 10.5. The van der Waals surface area contributed by atoms with Gasteiger partial charge in [-0.25, -0.2) is 15.0 Å². The highest BCUT2D eigenvalue weighted by Crippen LogP contribution is 2.26. The number of nitrogen functional groups attached to an aromatic ring is 1. The van der Waals surface area contributed by atoms with E-state index in [0.29, 0.717) is 46.3 Å². The standard InChI is InChI=1S/C27H25N7O2/c1-3-34-25(28)23(26-30-12-13-31-26)24(36)19-8-9-20(32-27(19)34)18-6-4-17(5-7-18)15-22(35)33-21-14-16(2)10-11-29-21/h4-14H,3,15,28H2,1-2H3,(H,30,31)(H,29,33,35). The van der Waals surface area contributed by atoms with Crippen molar-refractivity contribution in [2.24, 2.45) is 0 Å². The molecule has 36 heavy (non-hydrogen) atoms. The molecule has 9 nitrogen and oxygen atoms in total. The maximum atomic E-state index is 13.2.